The Morgan fingerprint density at radius 1 is 0.886 bits per heavy atom. The predicted molar refractivity (Wildman–Crippen MR) is 138 cm³/mol. The van der Waals surface area contributed by atoms with E-state index in [1.54, 1.807) is 0 Å². The first-order valence-electron chi connectivity index (χ1n) is 11.6. The largest absolute Gasteiger partial charge is 0.481 e. The van der Waals surface area contributed by atoms with Gasteiger partial charge in [0.2, 0.25) is 0 Å². The molecule has 0 unspecified atom stereocenters. The number of halogens is 1. The van der Waals surface area contributed by atoms with Gasteiger partial charge in [-0.15, -0.1) is 0 Å². The molecule has 0 aliphatic carbocycles. The van der Waals surface area contributed by atoms with Crippen LogP contribution in [0.15, 0.2) is 58.3 Å². The van der Waals surface area contributed by atoms with E-state index in [2.05, 4.69) is 52.3 Å². The van der Waals surface area contributed by atoms with Gasteiger partial charge in [0, 0.05) is 54.1 Å². The maximum Gasteiger partial charge on any atom is 0.303 e. The minimum atomic E-state index is -1.08. The molecule has 0 bridgehead atoms. The highest BCUT2D eigenvalue weighted by Gasteiger charge is 2.21. The van der Waals surface area contributed by atoms with Crippen molar-refractivity contribution < 1.29 is 24.9 Å². The molecule has 3 N–H and O–H groups in total. The molecule has 2 aromatic carbocycles. The van der Waals surface area contributed by atoms with Gasteiger partial charge in [-0.1, -0.05) is 47.6 Å². The summed E-state index contributed by atoms with van der Waals surface area (Å²) in [6.07, 6.45) is 2.82. The van der Waals surface area contributed by atoms with E-state index in [4.69, 9.17) is 26.9 Å². The number of carboxylic acid groups (broad SMARTS) is 2. The zero-order valence-electron chi connectivity index (χ0n) is 19.5. The van der Waals surface area contributed by atoms with Crippen molar-refractivity contribution in [3.8, 4) is 0 Å². The SMILES string of the molecule is O=C(O)CCC(=O)O.OCCN1CCN(CC/C=C2\c3ccccc3Sc3ccc(Cl)cc32)CC1. The Hall–Kier alpha value is -2.36. The molecule has 0 spiro atoms. The molecule has 35 heavy (non-hydrogen) atoms. The van der Waals surface area contributed by atoms with Crippen molar-refractivity contribution in [3.05, 3.63) is 64.7 Å². The summed E-state index contributed by atoms with van der Waals surface area (Å²) in [7, 11) is 0. The van der Waals surface area contributed by atoms with Gasteiger partial charge in [-0.2, -0.15) is 0 Å². The van der Waals surface area contributed by atoms with Crippen LogP contribution in [-0.2, 0) is 9.59 Å². The molecule has 2 aliphatic rings. The van der Waals surface area contributed by atoms with Crippen LogP contribution in [0.5, 0.6) is 0 Å². The van der Waals surface area contributed by atoms with E-state index < -0.39 is 11.9 Å². The Morgan fingerprint density at radius 2 is 1.49 bits per heavy atom. The van der Waals surface area contributed by atoms with Crippen LogP contribution in [0, 0.1) is 0 Å². The topological polar surface area (TPSA) is 101 Å². The molecule has 0 aromatic heterocycles. The average Bonchev–Trinajstić information content (AvgIpc) is 2.84. The quantitative estimate of drug-likeness (QED) is 0.408. The lowest BCUT2D eigenvalue weighted by atomic mass is 9.96. The van der Waals surface area contributed by atoms with Crippen LogP contribution >= 0.6 is 23.4 Å². The highest BCUT2D eigenvalue weighted by molar-refractivity contribution is 7.99. The van der Waals surface area contributed by atoms with Crippen molar-refractivity contribution >= 4 is 40.9 Å². The summed E-state index contributed by atoms with van der Waals surface area (Å²) >= 11 is 8.12. The normalized spacial score (nSPS) is 16.7. The molecule has 1 saturated heterocycles. The maximum absolute atomic E-state index is 9.64. The van der Waals surface area contributed by atoms with Crippen LogP contribution < -0.4 is 0 Å². The smallest absolute Gasteiger partial charge is 0.303 e. The molecule has 0 atom stereocenters. The molecule has 2 aliphatic heterocycles. The van der Waals surface area contributed by atoms with Crippen molar-refractivity contribution in [2.24, 2.45) is 0 Å². The third-order valence-corrected chi connectivity index (χ3v) is 7.24. The van der Waals surface area contributed by atoms with Crippen molar-refractivity contribution in [1.29, 1.82) is 0 Å². The number of piperazine rings is 1. The van der Waals surface area contributed by atoms with Crippen molar-refractivity contribution in [1.82, 2.24) is 9.80 Å². The second kappa shape index (κ2) is 13.7. The number of β-amino-alcohol motifs (C(OH)–C–C–N with tert-alkyl or cyclic N) is 1. The van der Waals surface area contributed by atoms with Gasteiger partial charge in [0.25, 0.3) is 0 Å². The fourth-order valence-electron chi connectivity index (χ4n) is 4.05. The van der Waals surface area contributed by atoms with Gasteiger partial charge >= 0.3 is 11.9 Å². The summed E-state index contributed by atoms with van der Waals surface area (Å²) in [5.41, 5.74) is 3.87. The zero-order valence-corrected chi connectivity index (χ0v) is 21.1. The van der Waals surface area contributed by atoms with E-state index in [1.165, 1.54) is 26.5 Å². The number of carboxylic acids is 2. The fraction of sp³-hybridized carbons (Fsp3) is 0.385. The number of nitrogens with zero attached hydrogens (tertiary/aromatic N) is 2. The first-order chi connectivity index (χ1) is 16.9. The van der Waals surface area contributed by atoms with Crippen molar-refractivity contribution in [2.45, 2.75) is 29.1 Å². The Labute approximate surface area is 215 Å². The lowest BCUT2D eigenvalue weighted by molar-refractivity contribution is -0.143. The van der Waals surface area contributed by atoms with Crippen LogP contribution in [0.1, 0.15) is 30.4 Å². The standard InChI is InChI=1S/C22H25ClN2OS.C4H6O4/c23-17-7-8-22-20(16-17)18(19-4-1-2-6-21(19)27-22)5-3-9-24-10-12-25(13-11-24)14-15-26;5-3(6)1-2-4(7)8/h1-2,4-8,16,26H,3,9-15H2;1-2H2,(H,5,6)(H,7,8)/b18-5+;. The van der Waals surface area contributed by atoms with E-state index in [9.17, 15) is 9.59 Å². The summed E-state index contributed by atoms with van der Waals surface area (Å²) in [5.74, 6) is -2.15. The number of rotatable bonds is 8. The number of aliphatic carboxylic acids is 2. The van der Waals surface area contributed by atoms with E-state index in [-0.39, 0.29) is 19.4 Å². The number of fused-ring (bicyclic) bond motifs is 2. The number of aliphatic hydroxyl groups is 1. The van der Waals surface area contributed by atoms with Crippen LogP contribution in [-0.4, -0.2) is 82.9 Å². The van der Waals surface area contributed by atoms with Gasteiger partial charge in [-0.3, -0.25) is 14.5 Å². The highest BCUT2D eigenvalue weighted by Crippen LogP contribution is 2.46. The lowest BCUT2D eigenvalue weighted by Gasteiger charge is -2.34. The monoisotopic (exact) mass is 518 g/mol. The summed E-state index contributed by atoms with van der Waals surface area (Å²) in [4.78, 5) is 26.7. The summed E-state index contributed by atoms with van der Waals surface area (Å²) in [6.45, 7) is 6.39. The van der Waals surface area contributed by atoms with Gasteiger partial charge in [-0.05, 0) is 47.4 Å². The molecule has 1 fully saturated rings. The lowest BCUT2D eigenvalue weighted by Crippen LogP contribution is -2.47. The van der Waals surface area contributed by atoms with Crippen LogP contribution in [0.4, 0.5) is 0 Å². The molecule has 0 radical (unpaired) electrons. The third kappa shape index (κ3) is 8.37. The second-order valence-electron chi connectivity index (χ2n) is 8.34. The molecule has 188 valence electrons. The Morgan fingerprint density at radius 3 is 2.11 bits per heavy atom. The first kappa shape index (κ1) is 27.2. The maximum atomic E-state index is 9.64. The molecule has 2 heterocycles. The number of hydrogen-bond acceptors (Lipinski definition) is 6. The zero-order chi connectivity index (χ0) is 25.2. The highest BCUT2D eigenvalue weighted by atomic mass is 35.5. The van der Waals surface area contributed by atoms with E-state index >= 15 is 0 Å². The number of hydrogen-bond donors (Lipinski definition) is 3. The van der Waals surface area contributed by atoms with Gasteiger partial charge < -0.3 is 20.2 Å². The number of carbonyl (C=O) groups is 2. The molecule has 7 nitrogen and oxygen atoms in total. The van der Waals surface area contributed by atoms with Gasteiger partial charge in [0.15, 0.2) is 0 Å². The van der Waals surface area contributed by atoms with Crippen LogP contribution in [0.3, 0.4) is 0 Å². The molecule has 9 heteroatoms. The summed E-state index contributed by atoms with van der Waals surface area (Å²) < 4.78 is 0. The Balaban J connectivity index is 0.000000371. The fourth-order valence-corrected chi connectivity index (χ4v) is 5.31. The Bertz CT molecular complexity index is 1040. The average molecular weight is 519 g/mol. The second-order valence-corrected chi connectivity index (χ2v) is 9.86. The van der Waals surface area contributed by atoms with Crippen LogP contribution in [0.2, 0.25) is 5.02 Å². The molecular weight excluding hydrogens is 488 g/mol. The number of benzene rings is 2. The van der Waals surface area contributed by atoms with Gasteiger partial charge in [-0.25, -0.2) is 0 Å². The molecule has 4 rings (SSSR count). The van der Waals surface area contributed by atoms with E-state index in [0.29, 0.717) is 0 Å². The Kier molecular flexibility index (Phi) is 10.6. The molecule has 0 saturated carbocycles. The number of aliphatic hydroxyl groups excluding tert-OH is 1. The van der Waals surface area contributed by atoms with Gasteiger partial charge in [0.05, 0.1) is 19.4 Å². The minimum absolute atomic E-state index is 0.255. The third-order valence-electron chi connectivity index (χ3n) is 5.86. The first-order valence-corrected chi connectivity index (χ1v) is 12.8. The van der Waals surface area contributed by atoms with E-state index in [1.807, 2.05) is 17.8 Å². The summed E-state index contributed by atoms with van der Waals surface area (Å²) in [5, 5.41) is 25.7. The van der Waals surface area contributed by atoms with E-state index in [0.717, 1.165) is 50.7 Å². The van der Waals surface area contributed by atoms with Crippen molar-refractivity contribution in [3.63, 3.8) is 0 Å². The van der Waals surface area contributed by atoms with Crippen LogP contribution in [0.25, 0.3) is 5.57 Å². The molecular formula is C26H31ClN2O5S. The van der Waals surface area contributed by atoms with Gasteiger partial charge in [0.1, 0.15) is 0 Å². The van der Waals surface area contributed by atoms with Crippen molar-refractivity contribution in [2.75, 3.05) is 45.9 Å². The summed E-state index contributed by atoms with van der Waals surface area (Å²) in [6, 6.07) is 14.8. The minimum Gasteiger partial charge on any atom is -0.481 e. The molecule has 0 amide bonds. The molecule has 2 aromatic rings. The predicted octanol–water partition coefficient (Wildman–Crippen LogP) is 4.17.